The average molecular weight is 474 g/mol. The summed E-state index contributed by atoms with van der Waals surface area (Å²) in [7, 11) is 0. The second-order valence-corrected chi connectivity index (χ2v) is 8.40. The molecule has 0 saturated carbocycles. The van der Waals surface area contributed by atoms with Gasteiger partial charge in [-0.15, -0.1) is 0 Å². The number of fused-ring (bicyclic) bond motifs is 3. The first kappa shape index (κ1) is 23.6. The van der Waals surface area contributed by atoms with Crippen molar-refractivity contribution in [3.63, 3.8) is 0 Å². The van der Waals surface area contributed by atoms with Gasteiger partial charge in [0.25, 0.3) is 6.43 Å². The van der Waals surface area contributed by atoms with E-state index in [-0.39, 0.29) is 25.5 Å². The van der Waals surface area contributed by atoms with Crippen molar-refractivity contribution in [2.75, 3.05) is 13.2 Å². The molecule has 2 aliphatic rings. The van der Waals surface area contributed by atoms with E-state index >= 15 is 0 Å². The Bertz CT molecular complexity index is 1050. The van der Waals surface area contributed by atoms with Gasteiger partial charge in [0.1, 0.15) is 18.7 Å². The van der Waals surface area contributed by atoms with Crippen molar-refractivity contribution < 1.29 is 38.1 Å². The van der Waals surface area contributed by atoms with Gasteiger partial charge in [0.15, 0.2) is 0 Å². The van der Waals surface area contributed by atoms with E-state index in [9.17, 15) is 33.4 Å². The van der Waals surface area contributed by atoms with Gasteiger partial charge in [0, 0.05) is 18.9 Å². The van der Waals surface area contributed by atoms with Crippen LogP contribution < -0.4 is 5.32 Å². The normalized spacial score (nSPS) is 20.1. The summed E-state index contributed by atoms with van der Waals surface area (Å²) in [5.74, 6) is -2.48. The number of hydrogen-bond donors (Lipinski definition) is 3. The van der Waals surface area contributed by atoms with Gasteiger partial charge in [-0.25, -0.2) is 18.4 Å². The van der Waals surface area contributed by atoms with Crippen LogP contribution in [0.2, 0.25) is 0 Å². The number of aliphatic hydroxyl groups is 1. The van der Waals surface area contributed by atoms with E-state index in [1.54, 1.807) is 0 Å². The van der Waals surface area contributed by atoms with Crippen LogP contribution in [0, 0.1) is 0 Å². The molecule has 0 radical (unpaired) electrons. The van der Waals surface area contributed by atoms with Crippen LogP contribution in [0.1, 0.15) is 29.9 Å². The Labute approximate surface area is 194 Å². The van der Waals surface area contributed by atoms with Crippen molar-refractivity contribution >= 4 is 18.0 Å². The van der Waals surface area contributed by atoms with Gasteiger partial charge in [-0.05, 0) is 22.3 Å². The van der Waals surface area contributed by atoms with Crippen LogP contribution in [0.3, 0.4) is 0 Å². The number of rotatable bonds is 7. The number of alkyl halides is 2. The fraction of sp³-hybridized carbons (Fsp3) is 0.375. The van der Waals surface area contributed by atoms with Crippen LogP contribution >= 0.6 is 0 Å². The number of aliphatic carboxylic acids is 1. The molecule has 1 saturated heterocycles. The maximum atomic E-state index is 13.6. The number of benzene rings is 2. The number of aliphatic hydroxyl groups excluding tert-OH is 1. The molecule has 0 aromatic heterocycles. The van der Waals surface area contributed by atoms with Gasteiger partial charge < -0.3 is 25.2 Å². The summed E-state index contributed by atoms with van der Waals surface area (Å²) in [6, 6.07) is 12.2. The van der Waals surface area contributed by atoms with Gasteiger partial charge in [0.05, 0.1) is 12.5 Å². The summed E-state index contributed by atoms with van der Waals surface area (Å²) >= 11 is 0. The maximum absolute atomic E-state index is 13.6. The lowest BCUT2D eigenvalue weighted by atomic mass is 9.98. The van der Waals surface area contributed by atoms with Crippen molar-refractivity contribution in [2.45, 2.75) is 43.4 Å². The average Bonchev–Trinajstić information content (AvgIpc) is 3.35. The molecule has 2 amide bonds. The molecule has 3 N–H and O–H groups in total. The monoisotopic (exact) mass is 474 g/mol. The Morgan fingerprint density at radius 1 is 1.06 bits per heavy atom. The summed E-state index contributed by atoms with van der Waals surface area (Å²) in [6.45, 7) is -0.347. The summed E-state index contributed by atoms with van der Waals surface area (Å²) in [4.78, 5) is 37.0. The van der Waals surface area contributed by atoms with Gasteiger partial charge in [-0.3, -0.25) is 4.79 Å². The number of halogens is 2. The maximum Gasteiger partial charge on any atom is 0.407 e. The fourth-order valence-corrected chi connectivity index (χ4v) is 4.62. The lowest BCUT2D eigenvalue weighted by molar-refractivity contribution is -0.148. The highest BCUT2D eigenvalue weighted by molar-refractivity contribution is 5.85. The zero-order chi connectivity index (χ0) is 24.4. The highest BCUT2D eigenvalue weighted by Crippen LogP contribution is 2.44. The van der Waals surface area contributed by atoms with Crippen LogP contribution in [0.15, 0.2) is 48.5 Å². The van der Waals surface area contributed by atoms with E-state index in [1.165, 1.54) is 0 Å². The van der Waals surface area contributed by atoms with E-state index in [0.717, 1.165) is 27.2 Å². The quantitative estimate of drug-likeness (QED) is 0.568. The minimum atomic E-state index is -3.08. The second kappa shape index (κ2) is 9.76. The molecule has 0 spiro atoms. The number of carboxylic acid groups (broad SMARTS) is 1. The minimum absolute atomic E-state index is 0.0802. The number of hydrogen-bond acceptors (Lipinski definition) is 5. The van der Waals surface area contributed by atoms with Crippen molar-refractivity contribution in [2.24, 2.45) is 0 Å². The number of amides is 2. The van der Waals surface area contributed by atoms with Crippen molar-refractivity contribution in [1.82, 2.24) is 10.2 Å². The summed E-state index contributed by atoms with van der Waals surface area (Å²) < 4.78 is 32.4. The van der Waals surface area contributed by atoms with Crippen LogP contribution in [-0.2, 0) is 14.3 Å². The van der Waals surface area contributed by atoms with E-state index < -0.39 is 49.0 Å². The first-order chi connectivity index (χ1) is 16.3. The molecule has 2 aromatic carbocycles. The molecule has 10 heteroatoms. The van der Waals surface area contributed by atoms with Crippen molar-refractivity contribution in [3.8, 4) is 11.1 Å². The van der Waals surface area contributed by atoms with Crippen molar-refractivity contribution in [3.05, 3.63) is 59.7 Å². The first-order valence-electron chi connectivity index (χ1n) is 10.9. The standard InChI is InChI=1S/C24H24F2N2O6/c25-22(26)19(10-21(30)28-11-13(29)9-20(28)23(31)32)27-24(33)34-12-18-16-7-3-1-5-14(16)15-6-2-4-8-17(15)18/h1-8,13,18-20,22,29H,9-12H2,(H,27,33)(H,31,32)/t13?,19?,20-/m0/s1. The van der Waals surface area contributed by atoms with Gasteiger partial charge in [-0.2, -0.15) is 0 Å². The largest absolute Gasteiger partial charge is 0.480 e. The highest BCUT2D eigenvalue weighted by atomic mass is 19.3. The molecule has 1 heterocycles. The van der Waals surface area contributed by atoms with E-state index in [0.29, 0.717) is 0 Å². The minimum Gasteiger partial charge on any atom is -0.480 e. The second-order valence-electron chi connectivity index (χ2n) is 8.40. The van der Waals surface area contributed by atoms with Crippen LogP contribution in [0.25, 0.3) is 11.1 Å². The zero-order valence-electron chi connectivity index (χ0n) is 18.1. The number of ether oxygens (including phenoxy) is 1. The molecule has 34 heavy (non-hydrogen) atoms. The van der Waals surface area contributed by atoms with Gasteiger partial charge in [0.2, 0.25) is 5.91 Å². The number of alkyl carbamates (subject to hydrolysis) is 1. The lowest BCUT2D eigenvalue weighted by Crippen LogP contribution is -2.47. The number of carbonyl (C=O) groups is 3. The smallest absolute Gasteiger partial charge is 0.407 e. The molecule has 1 aliphatic carbocycles. The Morgan fingerprint density at radius 3 is 2.21 bits per heavy atom. The predicted molar refractivity (Wildman–Crippen MR) is 116 cm³/mol. The Morgan fingerprint density at radius 2 is 1.65 bits per heavy atom. The number of β-amino-alcohol motifs (C(OH)–C–C–N with tert-alkyl or cyclic N) is 1. The van der Waals surface area contributed by atoms with Gasteiger partial charge >= 0.3 is 12.1 Å². The third-order valence-electron chi connectivity index (χ3n) is 6.23. The molecule has 2 aromatic rings. The number of carboxylic acids is 1. The molecule has 180 valence electrons. The predicted octanol–water partition coefficient (Wildman–Crippen LogP) is 2.60. The SMILES string of the molecule is O=C(NC(CC(=O)N1CC(O)C[C@H]1C(=O)O)C(F)F)OCC1c2ccccc2-c2ccccc21. The molecule has 4 rings (SSSR count). The summed E-state index contributed by atoms with van der Waals surface area (Å²) in [5.41, 5.74) is 3.96. The summed E-state index contributed by atoms with van der Waals surface area (Å²) in [6.07, 6.45) is -6.24. The number of nitrogens with one attached hydrogen (secondary N) is 1. The van der Waals surface area contributed by atoms with Gasteiger partial charge in [-0.1, -0.05) is 48.5 Å². The lowest BCUT2D eigenvalue weighted by Gasteiger charge is -2.24. The molecule has 0 bridgehead atoms. The Kier molecular flexibility index (Phi) is 6.78. The number of likely N-dealkylation sites (tertiary alicyclic amines) is 1. The van der Waals surface area contributed by atoms with Crippen LogP contribution in [-0.4, -0.2) is 70.8 Å². The van der Waals surface area contributed by atoms with Crippen molar-refractivity contribution in [1.29, 1.82) is 0 Å². The molecule has 1 aliphatic heterocycles. The topological polar surface area (TPSA) is 116 Å². The first-order valence-corrected chi connectivity index (χ1v) is 10.9. The molecular formula is C24H24F2N2O6. The number of carbonyl (C=O) groups excluding carboxylic acids is 2. The third kappa shape index (κ3) is 4.72. The summed E-state index contributed by atoms with van der Waals surface area (Å²) in [5, 5.41) is 20.9. The fourth-order valence-electron chi connectivity index (χ4n) is 4.62. The molecule has 8 nitrogen and oxygen atoms in total. The van der Waals surface area contributed by atoms with E-state index in [2.05, 4.69) is 0 Å². The molecule has 1 fully saturated rings. The molecule has 2 unspecified atom stereocenters. The third-order valence-corrected chi connectivity index (χ3v) is 6.23. The van der Waals surface area contributed by atoms with E-state index in [1.807, 2.05) is 53.8 Å². The number of nitrogens with zero attached hydrogens (tertiary/aromatic N) is 1. The highest BCUT2D eigenvalue weighted by Gasteiger charge is 2.40. The van der Waals surface area contributed by atoms with Crippen LogP contribution in [0.4, 0.5) is 13.6 Å². The van der Waals surface area contributed by atoms with Crippen LogP contribution in [0.5, 0.6) is 0 Å². The Hall–Kier alpha value is -3.53. The molecular weight excluding hydrogens is 450 g/mol. The Balaban J connectivity index is 1.39. The zero-order valence-corrected chi connectivity index (χ0v) is 18.1. The molecule has 3 atom stereocenters. The van der Waals surface area contributed by atoms with E-state index in [4.69, 9.17) is 4.74 Å².